The Kier molecular flexibility index (Phi) is 6.14. The second-order valence-electron chi connectivity index (χ2n) is 5.57. The highest BCUT2D eigenvalue weighted by atomic mass is 16.3. The van der Waals surface area contributed by atoms with Gasteiger partial charge in [0.25, 0.3) is 0 Å². The molecule has 3 atom stereocenters. The van der Waals surface area contributed by atoms with Crippen molar-refractivity contribution in [3.8, 4) is 0 Å². The third-order valence-corrected chi connectivity index (χ3v) is 3.96. The minimum absolute atomic E-state index is 0.213. The highest BCUT2D eigenvalue weighted by molar-refractivity contribution is 5.82. The van der Waals surface area contributed by atoms with E-state index >= 15 is 0 Å². The zero-order chi connectivity index (χ0) is 12.8. The van der Waals surface area contributed by atoms with Gasteiger partial charge in [-0.1, -0.05) is 20.8 Å². The first-order chi connectivity index (χ1) is 8.08. The van der Waals surface area contributed by atoms with Crippen LogP contribution in [-0.2, 0) is 4.79 Å². The Hall–Kier alpha value is -0.410. The van der Waals surface area contributed by atoms with Crippen LogP contribution in [0.1, 0.15) is 40.0 Å². The van der Waals surface area contributed by atoms with E-state index in [-0.39, 0.29) is 12.5 Å². The third kappa shape index (κ3) is 4.40. The smallest absolute Gasteiger partial charge is 0.137 e. The molecule has 0 aliphatic heterocycles. The molecular formula is C14H27NO2. The molecule has 17 heavy (non-hydrogen) atoms. The topological polar surface area (TPSA) is 40.5 Å². The molecule has 0 heterocycles. The Bertz CT molecular complexity index is 242. The number of rotatable bonds is 6. The Balaban J connectivity index is 2.49. The predicted octanol–water partition coefficient (Wildman–Crippen LogP) is 1.94. The molecule has 1 fully saturated rings. The summed E-state index contributed by atoms with van der Waals surface area (Å²) in [6, 6.07) is 0. The summed E-state index contributed by atoms with van der Waals surface area (Å²) in [6.07, 6.45) is 2.74. The van der Waals surface area contributed by atoms with Crippen molar-refractivity contribution in [1.82, 2.24) is 4.90 Å². The van der Waals surface area contributed by atoms with Crippen LogP contribution in [0, 0.1) is 17.8 Å². The first-order valence-electron chi connectivity index (χ1n) is 6.94. The van der Waals surface area contributed by atoms with E-state index < -0.39 is 0 Å². The zero-order valence-corrected chi connectivity index (χ0v) is 11.5. The molecule has 1 saturated carbocycles. The lowest BCUT2D eigenvalue weighted by Gasteiger charge is -2.34. The first-order valence-corrected chi connectivity index (χ1v) is 6.94. The van der Waals surface area contributed by atoms with E-state index in [0.717, 1.165) is 32.5 Å². The van der Waals surface area contributed by atoms with Gasteiger partial charge in [-0.25, -0.2) is 0 Å². The normalized spacial score (nSPS) is 29.9. The van der Waals surface area contributed by atoms with Gasteiger partial charge in [-0.2, -0.15) is 0 Å². The number of Topliss-reactive ketones (excluding diaryl/α,β-unsaturated/α-hetero) is 1. The molecule has 0 spiro atoms. The second kappa shape index (κ2) is 7.12. The van der Waals surface area contributed by atoms with Gasteiger partial charge >= 0.3 is 0 Å². The largest absolute Gasteiger partial charge is 0.396 e. The maximum absolute atomic E-state index is 12.1. The molecule has 1 N–H and O–H groups in total. The second-order valence-corrected chi connectivity index (χ2v) is 5.57. The summed E-state index contributed by atoms with van der Waals surface area (Å²) in [5, 5.41) is 8.86. The van der Waals surface area contributed by atoms with Gasteiger partial charge in [0.05, 0.1) is 0 Å². The summed E-state index contributed by atoms with van der Waals surface area (Å²) in [6.45, 7) is 9.49. The van der Waals surface area contributed by atoms with Gasteiger partial charge in [0.1, 0.15) is 5.78 Å². The van der Waals surface area contributed by atoms with Gasteiger partial charge in [-0.15, -0.1) is 0 Å². The fraction of sp³-hybridized carbons (Fsp3) is 0.929. The molecule has 1 aliphatic carbocycles. The van der Waals surface area contributed by atoms with E-state index in [1.54, 1.807) is 0 Å². The van der Waals surface area contributed by atoms with Gasteiger partial charge in [0.2, 0.25) is 0 Å². The fourth-order valence-electron chi connectivity index (χ4n) is 2.93. The Morgan fingerprint density at radius 1 is 1.41 bits per heavy atom. The molecule has 1 aliphatic rings. The van der Waals surface area contributed by atoms with Crippen molar-refractivity contribution in [2.45, 2.75) is 40.0 Å². The van der Waals surface area contributed by atoms with Crippen molar-refractivity contribution >= 4 is 5.78 Å². The molecule has 0 aromatic rings. The van der Waals surface area contributed by atoms with E-state index in [2.05, 4.69) is 25.7 Å². The van der Waals surface area contributed by atoms with Gasteiger partial charge in [0.15, 0.2) is 0 Å². The number of hydrogen-bond donors (Lipinski definition) is 1. The van der Waals surface area contributed by atoms with Crippen molar-refractivity contribution < 1.29 is 9.90 Å². The Morgan fingerprint density at radius 3 is 2.65 bits per heavy atom. The van der Waals surface area contributed by atoms with Crippen LogP contribution in [0.25, 0.3) is 0 Å². The van der Waals surface area contributed by atoms with Crippen molar-refractivity contribution in [3.63, 3.8) is 0 Å². The van der Waals surface area contributed by atoms with Crippen molar-refractivity contribution in [3.05, 3.63) is 0 Å². The number of ketones is 1. The quantitative estimate of drug-likeness (QED) is 0.772. The average molecular weight is 241 g/mol. The number of aliphatic hydroxyl groups is 1. The van der Waals surface area contributed by atoms with E-state index in [0.29, 0.717) is 17.6 Å². The third-order valence-electron chi connectivity index (χ3n) is 3.96. The van der Waals surface area contributed by atoms with Crippen molar-refractivity contribution in [1.29, 1.82) is 0 Å². The maximum atomic E-state index is 12.1. The summed E-state index contributed by atoms with van der Waals surface area (Å²) in [7, 11) is 0. The van der Waals surface area contributed by atoms with Crippen LogP contribution >= 0.6 is 0 Å². The van der Waals surface area contributed by atoms with E-state index in [1.807, 2.05) is 0 Å². The van der Waals surface area contributed by atoms with Gasteiger partial charge in [0, 0.05) is 32.0 Å². The number of carbonyl (C=O) groups is 1. The Morgan fingerprint density at radius 2 is 2.12 bits per heavy atom. The lowest BCUT2D eigenvalue weighted by molar-refractivity contribution is -0.128. The van der Waals surface area contributed by atoms with Crippen LogP contribution in [0.2, 0.25) is 0 Å². The van der Waals surface area contributed by atoms with Crippen molar-refractivity contribution in [2.75, 3.05) is 26.2 Å². The SMILES string of the molecule is CCN(CCCO)CC1C(=O)CC(C)CC1C. The maximum Gasteiger partial charge on any atom is 0.137 e. The molecule has 3 heteroatoms. The first kappa shape index (κ1) is 14.7. The van der Waals surface area contributed by atoms with E-state index in [1.165, 1.54) is 6.42 Å². The van der Waals surface area contributed by atoms with Gasteiger partial charge in [-0.05, 0) is 31.2 Å². The van der Waals surface area contributed by atoms with Crippen LogP contribution in [0.15, 0.2) is 0 Å². The summed E-state index contributed by atoms with van der Waals surface area (Å²) in [5.74, 6) is 1.72. The molecule has 100 valence electrons. The minimum atomic E-state index is 0.213. The molecule has 0 aromatic carbocycles. The fourth-order valence-corrected chi connectivity index (χ4v) is 2.93. The predicted molar refractivity (Wildman–Crippen MR) is 69.9 cm³/mol. The summed E-state index contributed by atoms with van der Waals surface area (Å²) < 4.78 is 0. The molecule has 0 aromatic heterocycles. The number of carbonyl (C=O) groups excluding carboxylic acids is 1. The van der Waals surface area contributed by atoms with Crippen LogP contribution < -0.4 is 0 Å². The van der Waals surface area contributed by atoms with Crippen LogP contribution in [-0.4, -0.2) is 42.0 Å². The van der Waals surface area contributed by atoms with Gasteiger partial charge < -0.3 is 10.0 Å². The molecule has 0 bridgehead atoms. The van der Waals surface area contributed by atoms with E-state index in [9.17, 15) is 4.79 Å². The molecule has 3 nitrogen and oxygen atoms in total. The van der Waals surface area contributed by atoms with Crippen molar-refractivity contribution in [2.24, 2.45) is 17.8 Å². The van der Waals surface area contributed by atoms with Gasteiger partial charge in [-0.3, -0.25) is 4.79 Å². The molecule has 0 amide bonds. The molecule has 0 radical (unpaired) electrons. The van der Waals surface area contributed by atoms with Crippen LogP contribution in [0.4, 0.5) is 0 Å². The zero-order valence-electron chi connectivity index (χ0n) is 11.5. The summed E-state index contributed by atoms with van der Waals surface area (Å²) in [5.41, 5.74) is 0. The molecule has 0 saturated heterocycles. The number of nitrogens with zero attached hydrogens (tertiary/aromatic N) is 1. The number of hydrogen-bond acceptors (Lipinski definition) is 3. The molecule has 3 unspecified atom stereocenters. The van der Waals surface area contributed by atoms with Crippen LogP contribution in [0.3, 0.4) is 0 Å². The highest BCUT2D eigenvalue weighted by Crippen LogP contribution is 2.31. The molecular weight excluding hydrogens is 214 g/mol. The van der Waals surface area contributed by atoms with Crippen LogP contribution in [0.5, 0.6) is 0 Å². The standard InChI is InChI=1S/C14H27NO2/c1-4-15(6-5-7-16)10-13-12(3)8-11(2)9-14(13)17/h11-13,16H,4-10H2,1-3H3. The monoisotopic (exact) mass is 241 g/mol. The lowest BCUT2D eigenvalue weighted by atomic mass is 9.74. The summed E-state index contributed by atoms with van der Waals surface area (Å²) in [4.78, 5) is 14.4. The number of aliphatic hydroxyl groups excluding tert-OH is 1. The average Bonchev–Trinajstić information content (AvgIpc) is 2.27. The lowest BCUT2D eigenvalue weighted by Crippen LogP contribution is -2.40. The molecule has 1 rings (SSSR count). The van der Waals surface area contributed by atoms with E-state index in [4.69, 9.17) is 5.11 Å². The summed E-state index contributed by atoms with van der Waals surface area (Å²) >= 11 is 0. The highest BCUT2D eigenvalue weighted by Gasteiger charge is 2.33. The Labute approximate surface area is 105 Å². The minimum Gasteiger partial charge on any atom is -0.396 e.